The molecule has 0 aliphatic carbocycles. The zero-order chi connectivity index (χ0) is 15.2. The van der Waals surface area contributed by atoms with Crippen molar-refractivity contribution in [3.63, 3.8) is 0 Å². The Labute approximate surface area is 130 Å². The number of benzene rings is 1. The number of thiophene rings is 1. The van der Waals surface area contributed by atoms with Crippen LogP contribution in [0.25, 0.3) is 0 Å². The van der Waals surface area contributed by atoms with Crippen LogP contribution in [-0.2, 0) is 13.1 Å². The molecule has 2 rings (SSSR count). The van der Waals surface area contributed by atoms with Gasteiger partial charge >= 0.3 is 0 Å². The van der Waals surface area contributed by atoms with Crippen molar-refractivity contribution in [2.24, 2.45) is 0 Å². The number of para-hydroxylation sites is 1. The number of nitrogens with one attached hydrogen (secondary N) is 1. The third-order valence-corrected chi connectivity index (χ3v) is 4.39. The van der Waals surface area contributed by atoms with Crippen molar-refractivity contribution in [1.29, 1.82) is 0 Å². The SMILES string of the molecule is CCN(Cc1ccc(CNC(C)C)s1)c1ccccc1F. The van der Waals surface area contributed by atoms with Crippen LogP contribution in [0.5, 0.6) is 0 Å². The Hall–Kier alpha value is -1.39. The molecule has 114 valence electrons. The Balaban J connectivity index is 2.04. The standard InChI is InChI=1S/C17H23FN2S/c1-4-20(17-8-6-5-7-16(17)18)12-15-10-9-14(21-15)11-19-13(2)3/h5-10,13,19H,4,11-12H2,1-3H3. The first-order valence-corrected chi connectivity index (χ1v) is 8.22. The van der Waals surface area contributed by atoms with E-state index in [1.807, 2.05) is 12.1 Å². The first kappa shape index (κ1) is 16.0. The van der Waals surface area contributed by atoms with Crippen molar-refractivity contribution >= 4 is 17.0 Å². The molecule has 0 spiro atoms. The molecule has 21 heavy (non-hydrogen) atoms. The molecule has 1 heterocycles. The lowest BCUT2D eigenvalue weighted by Gasteiger charge is -2.22. The van der Waals surface area contributed by atoms with Crippen LogP contribution in [0.15, 0.2) is 36.4 Å². The summed E-state index contributed by atoms with van der Waals surface area (Å²) in [5, 5.41) is 3.42. The summed E-state index contributed by atoms with van der Waals surface area (Å²) >= 11 is 1.79. The molecule has 2 aromatic rings. The zero-order valence-corrected chi connectivity index (χ0v) is 13.7. The van der Waals surface area contributed by atoms with Gasteiger partial charge in [-0.3, -0.25) is 0 Å². The predicted molar refractivity (Wildman–Crippen MR) is 89.4 cm³/mol. The molecule has 0 saturated carbocycles. The Kier molecular flexibility index (Phi) is 5.76. The largest absolute Gasteiger partial charge is 0.364 e. The quantitative estimate of drug-likeness (QED) is 0.815. The second-order valence-electron chi connectivity index (χ2n) is 5.37. The highest BCUT2D eigenvalue weighted by Crippen LogP contribution is 2.24. The lowest BCUT2D eigenvalue weighted by Crippen LogP contribution is -2.22. The third-order valence-electron chi connectivity index (χ3n) is 3.32. The van der Waals surface area contributed by atoms with Gasteiger partial charge in [0.1, 0.15) is 5.82 Å². The van der Waals surface area contributed by atoms with Gasteiger partial charge in [0.2, 0.25) is 0 Å². The van der Waals surface area contributed by atoms with Crippen molar-refractivity contribution in [3.05, 3.63) is 52.0 Å². The van der Waals surface area contributed by atoms with Gasteiger partial charge in [0.05, 0.1) is 12.2 Å². The van der Waals surface area contributed by atoms with Crippen LogP contribution in [0.1, 0.15) is 30.5 Å². The molecular weight excluding hydrogens is 283 g/mol. The second-order valence-corrected chi connectivity index (χ2v) is 6.62. The fourth-order valence-electron chi connectivity index (χ4n) is 2.17. The highest BCUT2D eigenvalue weighted by atomic mass is 32.1. The molecule has 0 atom stereocenters. The summed E-state index contributed by atoms with van der Waals surface area (Å²) < 4.78 is 13.9. The van der Waals surface area contributed by atoms with E-state index in [0.717, 1.165) is 19.6 Å². The Morgan fingerprint density at radius 1 is 1.14 bits per heavy atom. The minimum absolute atomic E-state index is 0.155. The van der Waals surface area contributed by atoms with Crippen LogP contribution in [0, 0.1) is 5.82 Å². The molecule has 1 N–H and O–H groups in total. The van der Waals surface area contributed by atoms with E-state index < -0.39 is 0 Å². The zero-order valence-electron chi connectivity index (χ0n) is 12.9. The summed E-state index contributed by atoms with van der Waals surface area (Å²) in [6.07, 6.45) is 0. The monoisotopic (exact) mass is 306 g/mol. The van der Waals surface area contributed by atoms with Gasteiger partial charge in [0, 0.05) is 28.9 Å². The van der Waals surface area contributed by atoms with E-state index in [9.17, 15) is 4.39 Å². The molecule has 1 aromatic carbocycles. The molecule has 1 aromatic heterocycles. The molecule has 0 fully saturated rings. The normalized spacial score (nSPS) is 11.1. The predicted octanol–water partition coefficient (Wildman–Crippen LogP) is 4.41. The molecule has 4 heteroatoms. The molecule has 0 radical (unpaired) electrons. The summed E-state index contributed by atoms with van der Waals surface area (Å²) in [5.41, 5.74) is 0.676. The minimum Gasteiger partial charge on any atom is -0.364 e. The highest BCUT2D eigenvalue weighted by Gasteiger charge is 2.11. The average molecular weight is 306 g/mol. The number of hydrogen-bond acceptors (Lipinski definition) is 3. The number of anilines is 1. The number of rotatable bonds is 7. The number of nitrogens with zero attached hydrogens (tertiary/aromatic N) is 1. The van der Waals surface area contributed by atoms with E-state index in [2.05, 4.69) is 43.1 Å². The summed E-state index contributed by atoms with van der Waals surface area (Å²) in [6.45, 7) is 8.79. The Morgan fingerprint density at radius 2 is 1.86 bits per heavy atom. The van der Waals surface area contributed by atoms with E-state index in [1.165, 1.54) is 15.8 Å². The third kappa shape index (κ3) is 4.55. The lowest BCUT2D eigenvalue weighted by molar-refractivity contribution is 0.593. The van der Waals surface area contributed by atoms with Gasteiger partial charge in [0.25, 0.3) is 0 Å². The van der Waals surface area contributed by atoms with E-state index in [0.29, 0.717) is 11.7 Å². The van der Waals surface area contributed by atoms with Crippen LogP contribution in [0.3, 0.4) is 0 Å². The van der Waals surface area contributed by atoms with Gasteiger partial charge < -0.3 is 10.2 Å². The van der Waals surface area contributed by atoms with Gasteiger partial charge in [-0.15, -0.1) is 11.3 Å². The van der Waals surface area contributed by atoms with Crippen molar-refractivity contribution in [2.75, 3.05) is 11.4 Å². The van der Waals surface area contributed by atoms with Crippen molar-refractivity contribution in [2.45, 2.75) is 39.9 Å². The highest BCUT2D eigenvalue weighted by molar-refractivity contribution is 7.12. The van der Waals surface area contributed by atoms with Crippen LogP contribution in [-0.4, -0.2) is 12.6 Å². The summed E-state index contributed by atoms with van der Waals surface area (Å²) in [6, 6.07) is 11.8. The van der Waals surface area contributed by atoms with E-state index in [-0.39, 0.29) is 5.82 Å². The number of hydrogen-bond donors (Lipinski definition) is 1. The maximum absolute atomic E-state index is 13.9. The fraction of sp³-hybridized carbons (Fsp3) is 0.412. The first-order valence-electron chi connectivity index (χ1n) is 7.40. The van der Waals surface area contributed by atoms with Crippen LogP contribution >= 0.6 is 11.3 Å². The van der Waals surface area contributed by atoms with Gasteiger partial charge in [-0.2, -0.15) is 0 Å². The van der Waals surface area contributed by atoms with Gasteiger partial charge in [-0.1, -0.05) is 26.0 Å². The maximum atomic E-state index is 13.9. The van der Waals surface area contributed by atoms with Crippen molar-refractivity contribution in [3.8, 4) is 0 Å². The van der Waals surface area contributed by atoms with Gasteiger partial charge in [-0.25, -0.2) is 4.39 Å². The van der Waals surface area contributed by atoms with Crippen LogP contribution in [0.2, 0.25) is 0 Å². The summed E-state index contributed by atoms with van der Waals surface area (Å²) in [7, 11) is 0. The molecule has 0 aliphatic rings. The molecule has 2 nitrogen and oxygen atoms in total. The summed E-state index contributed by atoms with van der Waals surface area (Å²) in [4.78, 5) is 4.66. The molecule has 0 amide bonds. The van der Waals surface area contributed by atoms with Crippen LogP contribution in [0.4, 0.5) is 10.1 Å². The minimum atomic E-state index is -0.155. The summed E-state index contributed by atoms with van der Waals surface area (Å²) in [5.74, 6) is -0.155. The average Bonchev–Trinajstić information content (AvgIpc) is 2.91. The molecule has 0 bridgehead atoms. The van der Waals surface area contributed by atoms with Crippen molar-refractivity contribution in [1.82, 2.24) is 5.32 Å². The van der Waals surface area contributed by atoms with E-state index >= 15 is 0 Å². The van der Waals surface area contributed by atoms with Crippen LogP contribution < -0.4 is 10.2 Å². The van der Waals surface area contributed by atoms with E-state index in [1.54, 1.807) is 17.4 Å². The maximum Gasteiger partial charge on any atom is 0.146 e. The lowest BCUT2D eigenvalue weighted by atomic mass is 10.2. The smallest absolute Gasteiger partial charge is 0.146 e. The second kappa shape index (κ2) is 7.57. The fourth-order valence-corrected chi connectivity index (χ4v) is 3.16. The molecular formula is C17H23FN2S. The van der Waals surface area contributed by atoms with E-state index in [4.69, 9.17) is 0 Å². The van der Waals surface area contributed by atoms with Gasteiger partial charge in [0.15, 0.2) is 0 Å². The van der Waals surface area contributed by atoms with Gasteiger partial charge in [-0.05, 0) is 31.2 Å². The molecule has 0 unspecified atom stereocenters. The first-order chi connectivity index (χ1) is 10.1. The number of halogens is 1. The Morgan fingerprint density at radius 3 is 2.52 bits per heavy atom. The molecule has 0 aliphatic heterocycles. The van der Waals surface area contributed by atoms with Crippen molar-refractivity contribution < 1.29 is 4.39 Å². The molecule has 0 saturated heterocycles. The topological polar surface area (TPSA) is 15.3 Å². The Bertz CT molecular complexity index is 565.